The van der Waals surface area contributed by atoms with E-state index in [4.69, 9.17) is 4.42 Å². The Hall–Kier alpha value is -5.18. The molecule has 0 amide bonds. The Morgan fingerprint density at radius 3 is 1.84 bits per heavy atom. The third kappa shape index (κ3) is 3.29. The van der Waals surface area contributed by atoms with Crippen molar-refractivity contribution in [3.63, 3.8) is 0 Å². The maximum Gasteiger partial charge on any atom is 0.153 e. The Bertz CT molecular complexity index is 2660. The van der Waals surface area contributed by atoms with Gasteiger partial charge in [0.1, 0.15) is 5.58 Å². The quantitative estimate of drug-likeness (QED) is 0.186. The molecule has 7 aromatic carbocycles. The van der Waals surface area contributed by atoms with Crippen LogP contribution in [0.3, 0.4) is 0 Å². The lowest BCUT2D eigenvalue weighted by molar-refractivity contribution is 0.673. The fourth-order valence-corrected chi connectivity index (χ4v) is 8.87. The molecule has 0 unspecified atom stereocenters. The Morgan fingerprint density at radius 1 is 0.545 bits per heavy atom. The smallest absolute Gasteiger partial charge is 0.153 e. The van der Waals surface area contributed by atoms with Gasteiger partial charge < -0.3 is 4.42 Å². The van der Waals surface area contributed by atoms with E-state index in [9.17, 15) is 0 Å². The summed E-state index contributed by atoms with van der Waals surface area (Å²) >= 11 is 1.84. The van der Waals surface area contributed by atoms with Gasteiger partial charge >= 0.3 is 0 Å². The predicted octanol–water partition coefficient (Wildman–Crippen LogP) is 12.8. The van der Waals surface area contributed by atoms with Crippen molar-refractivity contribution in [3.05, 3.63) is 139 Å². The monoisotopic (exact) mass is 578 g/mol. The molecule has 2 heterocycles. The number of hydrogen-bond acceptors (Lipinski definition) is 2. The molecule has 2 heteroatoms. The van der Waals surface area contributed by atoms with Gasteiger partial charge in [-0.1, -0.05) is 115 Å². The number of fused-ring (bicyclic) bond motifs is 12. The first kappa shape index (κ1) is 24.3. The van der Waals surface area contributed by atoms with Crippen LogP contribution >= 0.6 is 11.3 Å². The van der Waals surface area contributed by atoms with Gasteiger partial charge in [-0.15, -0.1) is 11.3 Å². The summed E-state index contributed by atoms with van der Waals surface area (Å²) in [7, 11) is 0. The highest BCUT2D eigenvalue weighted by atomic mass is 32.1. The van der Waals surface area contributed by atoms with E-state index in [0.717, 1.165) is 24.0 Å². The summed E-state index contributed by atoms with van der Waals surface area (Å²) < 4.78 is 9.29. The number of rotatable bonds is 2. The van der Waals surface area contributed by atoms with E-state index in [1.54, 1.807) is 0 Å². The first-order valence-electron chi connectivity index (χ1n) is 15.3. The zero-order chi connectivity index (χ0) is 28.8. The maximum absolute atomic E-state index is 6.76. The van der Waals surface area contributed by atoms with Crippen LogP contribution in [0.25, 0.3) is 91.1 Å². The van der Waals surface area contributed by atoms with Gasteiger partial charge in [-0.2, -0.15) is 0 Å². The number of furan rings is 1. The average Bonchev–Trinajstić information content (AvgIpc) is 3.67. The first-order valence-corrected chi connectivity index (χ1v) is 16.1. The van der Waals surface area contributed by atoms with Gasteiger partial charge in [0.25, 0.3) is 0 Å². The summed E-state index contributed by atoms with van der Waals surface area (Å²) in [4.78, 5) is 0. The van der Waals surface area contributed by atoms with E-state index in [0.29, 0.717) is 0 Å². The molecule has 0 saturated heterocycles. The molecule has 0 radical (unpaired) electrons. The lowest BCUT2D eigenvalue weighted by atomic mass is 9.84. The Balaban J connectivity index is 1.34. The molecule has 2 aromatic heterocycles. The van der Waals surface area contributed by atoms with Crippen LogP contribution in [0.2, 0.25) is 0 Å². The zero-order valence-electron chi connectivity index (χ0n) is 23.9. The minimum absolute atomic E-state index is 0.934. The van der Waals surface area contributed by atoms with Crippen molar-refractivity contribution in [2.75, 3.05) is 0 Å². The molecule has 1 nitrogen and oxygen atoms in total. The van der Waals surface area contributed by atoms with Gasteiger partial charge in [-0.05, 0) is 85.6 Å². The summed E-state index contributed by atoms with van der Waals surface area (Å²) in [6.07, 6.45) is 8.94. The highest BCUT2D eigenvalue weighted by molar-refractivity contribution is 7.26. The molecule has 0 fully saturated rings. The summed E-state index contributed by atoms with van der Waals surface area (Å²) in [5, 5.41) is 12.7. The normalized spacial score (nSPS) is 13.8. The number of allylic oxidation sites excluding steroid dienone is 4. The molecule has 9 aromatic rings. The molecule has 0 bridgehead atoms. The van der Waals surface area contributed by atoms with E-state index in [1.807, 2.05) is 11.3 Å². The van der Waals surface area contributed by atoms with Crippen LogP contribution in [0, 0.1) is 0 Å². The molecule has 0 atom stereocenters. The third-order valence-electron chi connectivity index (χ3n) is 9.51. The van der Waals surface area contributed by atoms with Crippen molar-refractivity contribution < 1.29 is 4.42 Å². The van der Waals surface area contributed by atoms with Crippen molar-refractivity contribution in [3.8, 4) is 11.1 Å². The van der Waals surface area contributed by atoms with Crippen molar-refractivity contribution in [1.29, 1.82) is 0 Å². The van der Waals surface area contributed by atoms with Crippen LogP contribution in [-0.2, 0) is 0 Å². The molecule has 0 saturated carbocycles. The molecule has 10 rings (SSSR count). The molecular formula is C42H26OS. The number of thiophene rings is 1. The predicted molar refractivity (Wildman–Crippen MR) is 191 cm³/mol. The summed E-state index contributed by atoms with van der Waals surface area (Å²) in [6.45, 7) is 0. The van der Waals surface area contributed by atoms with E-state index >= 15 is 0 Å². The van der Waals surface area contributed by atoms with Crippen molar-refractivity contribution in [2.24, 2.45) is 0 Å². The van der Waals surface area contributed by atoms with E-state index in [-0.39, 0.29) is 0 Å². The summed E-state index contributed by atoms with van der Waals surface area (Å²) in [5.74, 6) is 0. The van der Waals surface area contributed by atoms with Crippen LogP contribution in [0.4, 0.5) is 0 Å². The van der Waals surface area contributed by atoms with Crippen LogP contribution < -0.4 is 0 Å². The highest BCUT2D eigenvalue weighted by Gasteiger charge is 2.22. The van der Waals surface area contributed by atoms with Gasteiger partial charge in [-0.3, -0.25) is 0 Å². The minimum atomic E-state index is 0.934. The highest BCUT2D eigenvalue weighted by Crippen LogP contribution is 2.49. The second-order valence-corrected chi connectivity index (χ2v) is 12.9. The second-order valence-electron chi connectivity index (χ2n) is 11.9. The Morgan fingerprint density at radius 2 is 1.16 bits per heavy atom. The maximum atomic E-state index is 6.76. The number of benzene rings is 7. The fourth-order valence-electron chi connectivity index (χ4n) is 7.67. The summed E-state index contributed by atoms with van der Waals surface area (Å²) in [5.41, 5.74) is 7.23. The fraction of sp³-hybridized carbons (Fsp3) is 0.0476. The van der Waals surface area contributed by atoms with Gasteiger partial charge in [0.05, 0.1) is 4.70 Å². The van der Waals surface area contributed by atoms with Crippen molar-refractivity contribution in [2.45, 2.75) is 12.8 Å². The molecular weight excluding hydrogens is 553 g/mol. The average molecular weight is 579 g/mol. The van der Waals surface area contributed by atoms with Crippen LogP contribution in [0.15, 0.2) is 138 Å². The molecule has 44 heavy (non-hydrogen) atoms. The molecule has 0 spiro atoms. The zero-order valence-corrected chi connectivity index (χ0v) is 24.7. The van der Waals surface area contributed by atoms with E-state index in [1.165, 1.54) is 85.5 Å². The lowest BCUT2D eigenvalue weighted by Gasteiger charge is -2.20. The van der Waals surface area contributed by atoms with Crippen LogP contribution in [0.5, 0.6) is 0 Å². The van der Waals surface area contributed by atoms with Crippen LogP contribution in [0.1, 0.15) is 18.4 Å². The lowest BCUT2D eigenvalue weighted by Crippen LogP contribution is -1.95. The van der Waals surface area contributed by atoms with Crippen molar-refractivity contribution >= 4 is 91.3 Å². The topological polar surface area (TPSA) is 13.1 Å². The van der Waals surface area contributed by atoms with Gasteiger partial charge in [0, 0.05) is 26.2 Å². The first-order chi connectivity index (χ1) is 21.8. The van der Waals surface area contributed by atoms with E-state index < -0.39 is 0 Å². The molecule has 0 N–H and O–H groups in total. The Kier molecular flexibility index (Phi) is 5.05. The van der Waals surface area contributed by atoms with Crippen molar-refractivity contribution in [1.82, 2.24) is 0 Å². The van der Waals surface area contributed by atoms with E-state index in [2.05, 4.69) is 133 Å². The standard InChI is InChI=1S/C42H26OS/c1-2-12-25(13-3-1)37-27-14-4-6-16-29(27)38(30-17-7-5-15-28(30)37)26-22-23-35-34(24-26)39-31-18-8-9-19-32(31)40-33-20-10-11-21-36(33)44-42(40)41(39)43-35/h1-2,4-12,14-24H,3,13H2. The minimum Gasteiger partial charge on any atom is -0.455 e. The Labute approximate surface area is 257 Å². The SMILES string of the molecule is C1=CCCC(c2c3ccccc3c(-c3ccc4oc5c6sc7ccccc7c6c6ccccc6c5c4c3)c3ccccc23)=C1. The molecule has 206 valence electrons. The molecule has 1 aliphatic carbocycles. The molecule has 1 aliphatic rings. The molecule has 0 aliphatic heterocycles. The van der Waals surface area contributed by atoms with Gasteiger partial charge in [0.15, 0.2) is 5.58 Å². The van der Waals surface area contributed by atoms with Gasteiger partial charge in [-0.25, -0.2) is 0 Å². The second kappa shape index (κ2) is 9.16. The summed E-state index contributed by atoms with van der Waals surface area (Å²) in [6, 6.07) is 42.3. The number of hydrogen-bond donors (Lipinski definition) is 0. The third-order valence-corrected chi connectivity index (χ3v) is 10.7. The van der Waals surface area contributed by atoms with Gasteiger partial charge in [0.2, 0.25) is 0 Å². The largest absolute Gasteiger partial charge is 0.455 e. The van der Waals surface area contributed by atoms with Crippen LogP contribution in [-0.4, -0.2) is 0 Å².